The van der Waals surface area contributed by atoms with Crippen LogP contribution in [0, 0.1) is 5.82 Å². The number of halogens is 1. The smallest absolute Gasteiger partial charge is 0.338 e. The molecular formula is C26H44FNO3. The molecule has 5 heteroatoms. The minimum atomic E-state index is -0.564. The highest BCUT2D eigenvalue weighted by Crippen LogP contribution is 2.17. The summed E-state index contributed by atoms with van der Waals surface area (Å²) in [7, 11) is 0. The van der Waals surface area contributed by atoms with Crippen LogP contribution in [0.1, 0.15) is 114 Å². The zero-order valence-corrected chi connectivity index (χ0v) is 19.6. The first-order valence-corrected chi connectivity index (χ1v) is 12.5. The van der Waals surface area contributed by atoms with Crippen LogP contribution in [-0.4, -0.2) is 30.8 Å². The van der Waals surface area contributed by atoms with Crippen LogP contribution in [-0.2, 0) is 4.74 Å². The van der Waals surface area contributed by atoms with E-state index in [4.69, 9.17) is 9.84 Å². The highest BCUT2D eigenvalue weighted by molar-refractivity contribution is 5.89. The van der Waals surface area contributed by atoms with Gasteiger partial charge in [-0.3, -0.25) is 0 Å². The van der Waals surface area contributed by atoms with Crippen molar-refractivity contribution < 1.29 is 19.0 Å². The quantitative estimate of drug-likeness (QED) is 0.166. The Morgan fingerprint density at radius 1 is 0.871 bits per heavy atom. The molecule has 0 bridgehead atoms. The number of benzene rings is 1. The number of rotatable bonds is 20. The highest BCUT2D eigenvalue weighted by Gasteiger charge is 2.10. The fourth-order valence-electron chi connectivity index (χ4n) is 3.64. The fourth-order valence-corrected chi connectivity index (χ4v) is 3.64. The first kappa shape index (κ1) is 27.4. The van der Waals surface area contributed by atoms with Crippen molar-refractivity contribution in [2.75, 3.05) is 25.1 Å². The molecule has 4 nitrogen and oxygen atoms in total. The van der Waals surface area contributed by atoms with E-state index >= 15 is 0 Å². The standard InChI is InChI=1S/C26H44FNO3/c1-2-3-4-5-6-7-8-9-10-11-12-13-14-15-19-28-25-18-17-23(22-24(25)27)26(30)31-21-16-20-29/h17-18,22,28-29H,2-16,19-21H2,1H3. The largest absolute Gasteiger partial charge is 0.462 e. The number of anilines is 1. The predicted molar refractivity (Wildman–Crippen MR) is 127 cm³/mol. The third-order valence-electron chi connectivity index (χ3n) is 5.59. The van der Waals surface area contributed by atoms with Gasteiger partial charge in [-0.2, -0.15) is 0 Å². The van der Waals surface area contributed by atoms with E-state index in [0.29, 0.717) is 12.1 Å². The molecule has 2 N–H and O–H groups in total. The Bertz CT molecular complexity index is 580. The van der Waals surface area contributed by atoms with Crippen molar-refractivity contribution in [3.05, 3.63) is 29.6 Å². The van der Waals surface area contributed by atoms with Gasteiger partial charge in [-0.25, -0.2) is 9.18 Å². The molecule has 31 heavy (non-hydrogen) atoms. The molecule has 0 amide bonds. The Morgan fingerprint density at radius 3 is 1.94 bits per heavy atom. The average molecular weight is 438 g/mol. The molecule has 0 saturated carbocycles. The number of aliphatic hydroxyl groups is 1. The number of aliphatic hydroxyl groups excluding tert-OH is 1. The lowest BCUT2D eigenvalue weighted by Crippen LogP contribution is -2.09. The van der Waals surface area contributed by atoms with Gasteiger partial charge in [-0.15, -0.1) is 0 Å². The summed E-state index contributed by atoms with van der Waals surface area (Å²) in [4.78, 5) is 11.8. The van der Waals surface area contributed by atoms with Crippen molar-refractivity contribution in [1.82, 2.24) is 0 Å². The lowest BCUT2D eigenvalue weighted by atomic mass is 10.0. The van der Waals surface area contributed by atoms with Crippen molar-refractivity contribution in [1.29, 1.82) is 0 Å². The molecule has 1 aromatic carbocycles. The summed E-state index contributed by atoms with van der Waals surface area (Å²) in [5.41, 5.74) is 0.610. The van der Waals surface area contributed by atoms with Gasteiger partial charge in [0.1, 0.15) is 5.82 Å². The predicted octanol–water partition coefficient (Wildman–Crippen LogP) is 7.26. The van der Waals surface area contributed by atoms with E-state index < -0.39 is 11.8 Å². The zero-order valence-electron chi connectivity index (χ0n) is 19.6. The Hall–Kier alpha value is -1.62. The van der Waals surface area contributed by atoms with Gasteiger partial charge in [0.15, 0.2) is 0 Å². The van der Waals surface area contributed by atoms with Gasteiger partial charge < -0.3 is 15.2 Å². The normalized spacial score (nSPS) is 10.9. The molecule has 0 saturated heterocycles. The second-order valence-corrected chi connectivity index (χ2v) is 8.43. The summed E-state index contributed by atoms with van der Waals surface area (Å²) < 4.78 is 19.1. The van der Waals surface area contributed by atoms with Crippen LogP contribution >= 0.6 is 0 Å². The number of hydrogen-bond donors (Lipinski definition) is 2. The maximum absolute atomic E-state index is 14.2. The molecule has 0 fully saturated rings. The second-order valence-electron chi connectivity index (χ2n) is 8.43. The molecule has 0 aliphatic rings. The van der Waals surface area contributed by atoms with Gasteiger partial charge >= 0.3 is 5.97 Å². The van der Waals surface area contributed by atoms with Crippen LogP contribution in [0.15, 0.2) is 18.2 Å². The van der Waals surface area contributed by atoms with Crippen molar-refractivity contribution in [3.63, 3.8) is 0 Å². The van der Waals surface area contributed by atoms with Gasteiger partial charge in [-0.05, 0) is 24.6 Å². The molecule has 0 atom stereocenters. The molecule has 0 aliphatic heterocycles. The Balaban J connectivity index is 2.00. The SMILES string of the molecule is CCCCCCCCCCCCCCCCNc1ccc(C(=O)OCCCO)cc1F. The van der Waals surface area contributed by atoms with E-state index in [-0.39, 0.29) is 18.8 Å². The number of hydrogen-bond acceptors (Lipinski definition) is 4. The van der Waals surface area contributed by atoms with Crippen LogP contribution in [0.2, 0.25) is 0 Å². The maximum Gasteiger partial charge on any atom is 0.338 e. The lowest BCUT2D eigenvalue weighted by Gasteiger charge is -2.09. The Kier molecular flexibility index (Phi) is 16.9. The molecule has 1 rings (SSSR count). The van der Waals surface area contributed by atoms with Gasteiger partial charge in [0, 0.05) is 19.6 Å². The minimum absolute atomic E-state index is 0.0379. The lowest BCUT2D eigenvalue weighted by molar-refractivity contribution is 0.0481. The number of carbonyl (C=O) groups is 1. The first-order chi connectivity index (χ1) is 15.2. The van der Waals surface area contributed by atoms with Crippen molar-refractivity contribution in [3.8, 4) is 0 Å². The summed E-state index contributed by atoms with van der Waals surface area (Å²) in [5, 5.41) is 11.8. The van der Waals surface area contributed by atoms with Crippen LogP contribution in [0.3, 0.4) is 0 Å². The molecule has 0 aliphatic carbocycles. The third kappa shape index (κ3) is 14.1. The molecular weight excluding hydrogens is 393 g/mol. The van der Waals surface area contributed by atoms with Crippen LogP contribution in [0.25, 0.3) is 0 Å². The summed E-state index contributed by atoms with van der Waals surface area (Å²) in [6, 6.07) is 4.36. The second kappa shape index (κ2) is 19.1. The molecule has 0 unspecified atom stereocenters. The van der Waals surface area contributed by atoms with Crippen LogP contribution < -0.4 is 5.32 Å². The zero-order chi connectivity index (χ0) is 22.6. The van der Waals surface area contributed by atoms with E-state index in [0.717, 1.165) is 19.4 Å². The van der Waals surface area contributed by atoms with Crippen LogP contribution in [0.4, 0.5) is 10.1 Å². The van der Waals surface area contributed by atoms with Gasteiger partial charge in [0.05, 0.1) is 17.9 Å². The number of ether oxygens (including phenoxy) is 1. The van der Waals surface area contributed by atoms with E-state index in [2.05, 4.69) is 12.2 Å². The molecule has 0 aromatic heterocycles. The van der Waals surface area contributed by atoms with Crippen molar-refractivity contribution in [2.45, 2.75) is 103 Å². The molecule has 1 aromatic rings. The fraction of sp³-hybridized carbons (Fsp3) is 0.731. The average Bonchev–Trinajstić information content (AvgIpc) is 2.77. The van der Waals surface area contributed by atoms with Gasteiger partial charge in [0.25, 0.3) is 0 Å². The number of nitrogens with one attached hydrogen (secondary N) is 1. The molecule has 0 radical (unpaired) electrons. The first-order valence-electron chi connectivity index (χ1n) is 12.5. The third-order valence-corrected chi connectivity index (χ3v) is 5.59. The van der Waals surface area contributed by atoms with Gasteiger partial charge in [0.2, 0.25) is 0 Å². The number of unbranched alkanes of at least 4 members (excludes halogenated alkanes) is 13. The maximum atomic E-state index is 14.2. The Morgan fingerprint density at radius 2 is 1.42 bits per heavy atom. The van der Waals surface area contributed by atoms with Crippen molar-refractivity contribution >= 4 is 11.7 Å². The summed E-state index contributed by atoms with van der Waals surface area (Å²) in [5.74, 6) is -1.01. The number of esters is 1. The topological polar surface area (TPSA) is 58.6 Å². The Labute approximate surface area is 189 Å². The van der Waals surface area contributed by atoms with Crippen molar-refractivity contribution in [2.24, 2.45) is 0 Å². The monoisotopic (exact) mass is 437 g/mol. The highest BCUT2D eigenvalue weighted by atomic mass is 19.1. The molecule has 0 heterocycles. The summed E-state index contributed by atoms with van der Waals surface area (Å²) >= 11 is 0. The van der Waals surface area contributed by atoms with E-state index in [1.165, 1.54) is 83.1 Å². The summed E-state index contributed by atoms with van der Waals surface area (Å²) in [6.45, 7) is 3.09. The minimum Gasteiger partial charge on any atom is -0.462 e. The summed E-state index contributed by atoms with van der Waals surface area (Å²) in [6.07, 6.45) is 18.9. The number of carbonyl (C=O) groups excluding carboxylic acids is 1. The van der Waals surface area contributed by atoms with E-state index in [1.54, 1.807) is 12.1 Å². The van der Waals surface area contributed by atoms with Gasteiger partial charge in [-0.1, -0.05) is 90.4 Å². The molecule has 178 valence electrons. The van der Waals surface area contributed by atoms with Crippen LogP contribution in [0.5, 0.6) is 0 Å². The van der Waals surface area contributed by atoms with E-state index in [9.17, 15) is 9.18 Å². The van der Waals surface area contributed by atoms with E-state index in [1.807, 2.05) is 0 Å². The molecule has 0 spiro atoms.